The highest BCUT2D eigenvalue weighted by Crippen LogP contribution is 2.20. The first-order valence-electron chi connectivity index (χ1n) is 6.10. The molecule has 114 valence electrons. The first kappa shape index (κ1) is 15.3. The molecule has 21 heavy (non-hydrogen) atoms. The molecular weight excluding hydrogens is 291 g/mol. The van der Waals surface area contributed by atoms with Gasteiger partial charge >= 0.3 is 12.1 Å². The minimum Gasteiger partial charge on any atom is -0.419 e. The maximum Gasteiger partial charge on any atom is 0.491 e. The van der Waals surface area contributed by atoms with Gasteiger partial charge in [-0.1, -0.05) is 30.3 Å². The van der Waals surface area contributed by atoms with Crippen molar-refractivity contribution in [3.05, 3.63) is 35.9 Å². The minimum atomic E-state index is -5.16. The van der Waals surface area contributed by atoms with Crippen LogP contribution in [0.3, 0.4) is 0 Å². The van der Waals surface area contributed by atoms with Gasteiger partial charge in [0.2, 0.25) is 0 Å². The third-order valence-electron chi connectivity index (χ3n) is 2.81. The molecule has 2 rings (SSSR count). The van der Waals surface area contributed by atoms with Crippen LogP contribution >= 0.6 is 0 Å². The molecule has 8 heteroatoms. The summed E-state index contributed by atoms with van der Waals surface area (Å²) in [6, 6.07) is 8.92. The van der Waals surface area contributed by atoms with E-state index >= 15 is 0 Å². The number of hydrogen-bond donors (Lipinski definition) is 0. The van der Waals surface area contributed by atoms with Gasteiger partial charge in [0, 0.05) is 13.1 Å². The molecule has 0 bridgehead atoms. The monoisotopic (exact) mass is 303 g/mol. The van der Waals surface area contributed by atoms with Gasteiger partial charge in [-0.25, -0.2) is 4.79 Å². The van der Waals surface area contributed by atoms with Gasteiger partial charge in [-0.2, -0.15) is 13.2 Å². The fraction of sp³-hybridized carbons (Fsp3) is 0.385. The van der Waals surface area contributed by atoms with E-state index in [9.17, 15) is 22.8 Å². The van der Waals surface area contributed by atoms with Crippen molar-refractivity contribution >= 4 is 11.9 Å². The molecule has 1 aromatic carbocycles. The molecule has 1 saturated heterocycles. The van der Waals surface area contributed by atoms with Gasteiger partial charge < -0.3 is 14.4 Å². The second-order valence-electron chi connectivity index (χ2n) is 4.35. The van der Waals surface area contributed by atoms with Crippen LogP contribution < -0.4 is 0 Å². The van der Waals surface area contributed by atoms with Crippen LogP contribution in [0.2, 0.25) is 0 Å². The number of benzene rings is 1. The maximum absolute atomic E-state index is 12.1. The Morgan fingerprint density at radius 2 is 2.00 bits per heavy atom. The fourth-order valence-electron chi connectivity index (χ4n) is 1.81. The number of esters is 1. The van der Waals surface area contributed by atoms with Crippen molar-refractivity contribution in [2.24, 2.45) is 0 Å². The first-order valence-corrected chi connectivity index (χ1v) is 6.10. The molecular formula is C13H12F3NO4. The molecule has 5 nitrogen and oxygen atoms in total. The van der Waals surface area contributed by atoms with Gasteiger partial charge in [-0.3, -0.25) is 4.79 Å². The molecule has 0 spiro atoms. The van der Waals surface area contributed by atoms with E-state index in [0.717, 1.165) is 5.56 Å². The molecule has 0 aromatic heterocycles. The number of carbonyl (C=O) groups is 2. The molecule has 1 heterocycles. The van der Waals surface area contributed by atoms with E-state index in [1.54, 1.807) is 30.3 Å². The number of alkyl halides is 3. The van der Waals surface area contributed by atoms with Crippen LogP contribution in [0.25, 0.3) is 0 Å². The van der Waals surface area contributed by atoms with E-state index in [4.69, 9.17) is 4.74 Å². The fourth-order valence-corrected chi connectivity index (χ4v) is 1.81. The summed E-state index contributed by atoms with van der Waals surface area (Å²) in [7, 11) is 0. The summed E-state index contributed by atoms with van der Waals surface area (Å²) in [5, 5.41) is 0. The number of rotatable bonds is 3. The quantitative estimate of drug-likeness (QED) is 0.794. The lowest BCUT2D eigenvalue weighted by Crippen LogP contribution is -2.50. The normalized spacial score (nSPS) is 19.5. The minimum absolute atomic E-state index is 0.00558. The first-order chi connectivity index (χ1) is 9.88. The summed E-state index contributed by atoms with van der Waals surface area (Å²) in [5.74, 6) is -3.25. The number of ether oxygens (including phenoxy) is 2. The standard InChI is InChI=1S/C13H12F3NO4/c14-13(15,16)12(19)21-11-10(18)17(6-7-20-11)8-9-4-2-1-3-5-9/h1-5,11H,6-8H2. The Kier molecular flexibility index (Phi) is 4.46. The molecule has 1 atom stereocenters. The summed E-state index contributed by atoms with van der Waals surface area (Å²) in [6.45, 7) is 0.422. The van der Waals surface area contributed by atoms with Crippen LogP contribution in [0.15, 0.2) is 30.3 Å². The second-order valence-corrected chi connectivity index (χ2v) is 4.35. The zero-order valence-electron chi connectivity index (χ0n) is 10.8. The topological polar surface area (TPSA) is 55.8 Å². The Balaban J connectivity index is 2.00. The van der Waals surface area contributed by atoms with Crippen LogP contribution in [-0.2, 0) is 25.6 Å². The largest absolute Gasteiger partial charge is 0.491 e. The lowest BCUT2D eigenvalue weighted by Gasteiger charge is -2.31. The van der Waals surface area contributed by atoms with Crippen molar-refractivity contribution < 1.29 is 32.2 Å². The van der Waals surface area contributed by atoms with Gasteiger partial charge in [0.25, 0.3) is 12.2 Å². The highest BCUT2D eigenvalue weighted by atomic mass is 19.4. The third kappa shape index (κ3) is 3.94. The van der Waals surface area contributed by atoms with Crippen molar-refractivity contribution in [2.75, 3.05) is 13.2 Å². The zero-order valence-corrected chi connectivity index (χ0v) is 10.8. The van der Waals surface area contributed by atoms with E-state index < -0.39 is 24.3 Å². The van der Waals surface area contributed by atoms with E-state index in [2.05, 4.69) is 4.74 Å². The average Bonchev–Trinajstić information content (AvgIpc) is 2.43. The number of halogens is 3. The van der Waals surface area contributed by atoms with Crippen molar-refractivity contribution in [1.82, 2.24) is 4.90 Å². The predicted molar refractivity (Wildman–Crippen MR) is 63.7 cm³/mol. The van der Waals surface area contributed by atoms with E-state index in [1.807, 2.05) is 0 Å². The third-order valence-corrected chi connectivity index (χ3v) is 2.81. The van der Waals surface area contributed by atoms with Crippen LogP contribution in [0, 0.1) is 0 Å². The van der Waals surface area contributed by atoms with Gasteiger partial charge in [0.15, 0.2) is 0 Å². The number of carbonyl (C=O) groups excluding carboxylic acids is 2. The maximum atomic E-state index is 12.1. The van der Waals surface area contributed by atoms with Gasteiger partial charge in [0.05, 0.1) is 6.61 Å². The molecule has 1 aliphatic rings. The molecule has 1 aliphatic heterocycles. The van der Waals surface area contributed by atoms with E-state index in [0.29, 0.717) is 0 Å². The van der Waals surface area contributed by atoms with E-state index in [1.165, 1.54) is 4.90 Å². The number of amides is 1. The summed E-state index contributed by atoms with van der Waals surface area (Å²) in [6.07, 6.45) is -7.01. The van der Waals surface area contributed by atoms with Crippen LogP contribution in [0.5, 0.6) is 0 Å². The highest BCUT2D eigenvalue weighted by molar-refractivity contribution is 5.84. The molecule has 0 radical (unpaired) electrons. The molecule has 0 saturated carbocycles. The second kappa shape index (κ2) is 6.13. The van der Waals surface area contributed by atoms with Crippen LogP contribution in [-0.4, -0.2) is 42.4 Å². The Labute approximate surface area is 118 Å². The SMILES string of the molecule is O=C1C(OC(=O)C(F)(F)F)OCCN1Cc1ccccc1. The van der Waals surface area contributed by atoms with Crippen molar-refractivity contribution in [2.45, 2.75) is 19.0 Å². The van der Waals surface area contributed by atoms with Gasteiger partial charge in [-0.05, 0) is 5.56 Å². The van der Waals surface area contributed by atoms with E-state index in [-0.39, 0.29) is 19.7 Å². The highest BCUT2D eigenvalue weighted by Gasteiger charge is 2.45. The summed E-state index contributed by atoms with van der Waals surface area (Å²) < 4.78 is 45.2. The van der Waals surface area contributed by atoms with Gasteiger partial charge in [0.1, 0.15) is 0 Å². The molecule has 1 aromatic rings. The molecule has 1 amide bonds. The Morgan fingerprint density at radius 3 is 2.62 bits per heavy atom. The smallest absolute Gasteiger partial charge is 0.419 e. The summed E-state index contributed by atoms with van der Waals surface area (Å²) >= 11 is 0. The summed E-state index contributed by atoms with van der Waals surface area (Å²) in [4.78, 5) is 24.0. The number of hydrogen-bond acceptors (Lipinski definition) is 4. The molecule has 1 fully saturated rings. The Hall–Kier alpha value is -2.09. The van der Waals surface area contributed by atoms with Crippen LogP contribution in [0.4, 0.5) is 13.2 Å². The molecule has 0 N–H and O–H groups in total. The lowest BCUT2D eigenvalue weighted by molar-refractivity contribution is -0.233. The number of morpholine rings is 1. The van der Waals surface area contributed by atoms with Crippen molar-refractivity contribution in [3.63, 3.8) is 0 Å². The molecule has 1 unspecified atom stereocenters. The molecule has 0 aliphatic carbocycles. The Bertz CT molecular complexity index is 518. The van der Waals surface area contributed by atoms with Crippen molar-refractivity contribution in [3.8, 4) is 0 Å². The van der Waals surface area contributed by atoms with Crippen molar-refractivity contribution in [1.29, 1.82) is 0 Å². The zero-order chi connectivity index (χ0) is 15.5. The lowest BCUT2D eigenvalue weighted by atomic mass is 10.2. The number of nitrogens with zero attached hydrogens (tertiary/aromatic N) is 1. The Morgan fingerprint density at radius 1 is 1.33 bits per heavy atom. The average molecular weight is 303 g/mol. The predicted octanol–water partition coefficient (Wildman–Crippen LogP) is 1.48. The summed E-state index contributed by atoms with van der Waals surface area (Å²) in [5.41, 5.74) is 0.814. The van der Waals surface area contributed by atoms with Gasteiger partial charge in [-0.15, -0.1) is 0 Å². The van der Waals surface area contributed by atoms with Crippen LogP contribution in [0.1, 0.15) is 5.56 Å².